The number of rotatable bonds is 5. The van der Waals surface area contributed by atoms with Crippen molar-refractivity contribution in [1.82, 2.24) is 10.5 Å². The van der Waals surface area contributed by atoms with Crippen molar-refractivity contribution in [2.45, 2.75) is 24.8 Å². The van der Waals surface area contributed by atoms with Crippen molar-refractivity contribution < 1.29 is 14.8 Å². The number of hydroxylamine groups is 1. The maximum atomic E-state index is 12.1. The Bertz CT molecular complexity index is 378. The SMILES string of the molecule is CON=CCC1(NO)C(=O)N(C)N=C1C1CC1. The summed E-state index contributed by atoms with van der Waals surface area (Å²) in [5.74, 6) is 0.00366. The van der Waals surface area contributed by atoms with Gasteiger partial charge in [0, 0.05) is 25.6 Å². The van der Waals surface area contributed by atoms with Gasteiger partial charge in [-0.2, -0.15) is 10.6 Å². The van der Waals surface area contributed by atoms with E-state index in [-0.39, 0.29) is 18.2 Å². The smallest absolute Gasteiger partial charge is 0.271 e. The minimum atomic E-state index is -1.17. The maximum absolute atomic E-state index is 12.1. The molecule has 94 valence electrons. The first kappa shape index (κ1) is 12.0. The molecule has 0 bridgehead atoms. The van der Waals surface area contributed by atoms with Gasteiger partial charge in [0.05, 0.1) is 5.71 Å². The fourth-order valence-corrected chi connectivity index (χ4v) is 2.06. The van der Waals surface area contributed by atoms with E-state index < -0.39 is 5.54 Å². The van der Waals surface area contributed by atoms with Crippen LogP contribution in [-0.2, 0) is 9.63 Å². The van der Waals surface area contributed by atoms with Crippen LogP contribution < -0.4 is 5.48 Å². The molecule has 7 heteroatoms. The Labute approximate surface area is 99.1 Å². The first-order chi connectivity index (χ1) is 8.15. The van der Waals surface area contributed by atoms with E-state index >= 15 is 0 Å². The number of nitrogens with one attached hydrogen (secondary N) is 1. The van der Waals surface area contributed by atoms with Crippen molar-refractivity contribution in [3.63, 3.8) is 0 Å². The van der Waals surface area contributed by atoms with Crippen molar-refractivity contribution in [2.75, 3.05) is 14.2 Å². The van der Waals surface area contributed by atoms with Crippen molar-refractivity contribution in [1.29, 1.82) is 0 Å². The number of oxime groups is 1. The molecule has 2 aliphatic rings. The Morgan fingerprint density at radius 2 is 2.47 bits per heavy atom. The molecule has 1 unspecified atom stereocenters. The summed E-state index contributed by atoms with van der Waals surface area (Å²) in [6.07, 6.45) is 3.68. The molecule has 7 nitrogen and oxygen atoms in total. The summed E-state index contributed by atoms with van der Waals surface area (Å²) in [6, 6.07) is 0. The van der Waals surface area contributed by atoms with Crippen LogP contribution in [0.5, 0.6) is 0 Å². The molecule has 2 N–H and O–H groups in total. The number of hydrogen-bond acceptors (Lipinski definition) is 6. The van der Waals surface area contributed by atoms with Gasteiger partial charge < -0.3 is 10.0 Å². The molecule has 0 aromatic carbocycles. The molecule has 1 aliphatic heterocycles. The minimum Gasteiger partial charge on any atom is -0.399 e. The Morgan fingerprint density at radius 1 is 1.76 bits per heavy atom. The van der Waals surface area contributed by atoms with Crippen LogP contribution in [0.15, 0.2) is 10.3 Å². The number of carbonyl (C=O) groups excluding carboxylic acids is 1. The number of amides is 1. The summed E-state index contributed by atoms with van der Waals surface area (Å²) < 4.78 is 0. The average Bonchev–Trinajstić information content (AvgIpc) is 3.12. The fourth-order valence-electron chi connectivity index (χ4n) is 2.06. The standard InChI is InChI=1S/C10H16N4O3/c1-14-9(15)10(13-16,5-6-11-17-2)8(12-14)7-3-4-7/h6-7,13,16H,3-5H2,1-2H3. The van der Waals surface area contributed by atoms with Crippen LogP contribution in [-0.4, -0.2) is 47.7 Å². The Hall–Kier alpha value is -1.47. The van der Waals surface area contributed by atoms with E-state index in [0.29, 0.717) is 5.71 Å². The summed E-state index contributed by atoms with van der Waals surface area (Å²) >= 11 is 0. The van der Waals surface area contributed by atoms with E-state index in [0.717, 1.165) is 12.8 Å². The average molecular weight is 240 g/mol. The van der Waals surface area contributed by atoms with Crippen LogP contribution in [0.3, 0.4) is 0 Å². The largest absolute Gasteiger partial charge is 0.399 e. The van der Waals surface area contributed by atoms with E-state index in [9.17, 15) is 10.0 Å². The van der Waals surface area contributed by atoms with E-state index in [1.54, 1.807) is 7.05 Å². The lowest BCUT2D eigenvalue weighted by Crippen LogP contribution is -2.57. The Kier molecular flexibility index (Phi) is 3.12. The summed E-state index contributed by atoms with van der Waals surface area (Å²) in [6.45, 7) is 0. The van der Waals surface area contributed by atoms with Gasteiger partial charge >= 0.3 is 0 Å². The number of hydrazone groups is 1. The molecule has 17 heavy (non-hydrogen) atoms. The summed E-state index contributed by atoms with van der Waals surface area (Å²) in [5, 5.41) is 18.4. The molecule has 0 aromatic rings. The van der Waals surface area contributed by atoms with Gasteiger partial charge in [0.2, 0.25) is 0 Å². The predicted molar refractivity (Wildman–Crippen MR) is 60.7 cm³/mol. The number of carbonyl (C=O) groups is 1. The van der Waals surface area contributed by atoms with Crippen molar-refractivity contribution in [3.05, 3.63) is 0 Å². The summed E-state index contributed by atoms with van der Waals surface area (Å²) in [5.41, 5.74) is 1.64. The van der Waals surface area contributed by atoms with E-state index in [1.165, 1.54) is 18.3 Å². The molecule has 1 heterocycles. The van der Waals surface area contributed by atoms with Crippen molar-refractivity contribution in [3.8, 4) is 0 Å². The number of likely N-dealkylation sites (N-methyl/N-ethyl adjacent to an activating group) is 1. The molecule has 1 amide bonds. The lowest BCUT2D eigenvalue weighted by molar-refractivity contribution is -0.135. The van der Waals surface area contributed by atoms with Crippen LogP contribution in [0.25, 0.3) is 0 Å². The van der Waals surface area contributed by atoms with Crippen LogP contribution in [0.1, 0.15) is 19.3 Å². The third-order valence-corrected chi connectivity index (χ3v) is 3.09. The molecule has 0 radical (unpaired) electrons. The topological polar surface area (TPSA) is 86.5 Å². The van der Waals surface area contributed by atoms with Gasteiger partial charge in [-0.25, -0.2) is 5.01 Å². The third kappa shape index (κ3) is 1.91. The second-order valence-corrected chi connectivity index (χ2v) is 4.28. The van der Waals surface area contributed by atoms with Gasteiger partial charge in [-0.1, -0.05) is 5.16 Å². The molecule has 0 saturated heterocycles. The zero-order chi connectivity index (χ0) is 12.5. The lowest BCUT2D eigenvalue weighted by Gasteiger charge is -2.25. The molecular formula is C10H16N4O3. The highest BCUT2D eigenvalue weighted by atomic mass is 16.6. The van der Waals surface area contributed by atoms with Crippen LogP contribution in [0, 0.1) is 5.92 Å². The summed E-state index contributed by atoms with van der Waals surface area (Å²) in [4.78, 5) is 16.6. The Morgan fingerprint density at radius 3 is 3.00 bits per heavy atom. The van der Waals surface area contributed by atoms with Gasteiger partial charge in [0.15, 0.2) is 5.54 Å². The third-order valence-electron chi connectivity index (χ3n) is 3.09. The second kappa shape index (κ2) is 4.42. The van der Waals surface area contributed by atoms with Crippen LogP contribution in [0.2, 0.25) is 0 Å². The normalized spacial score (nSPS) is 29.0. The first-order valence-electron chi connectivity index (χ1n) is 5.49. The molecule has 0 aromatic heterocycles. The Balaban J connectivity index is 2.25. The van der Waals surface area contributed by atoms with Crippen LogP contribution in [0.4, 0.5) is 0 Å². The zero-order valence-corrected chi connectivity index (χ0v) is 9.88. The van der Waals surface area contributed by atoms with E-state index in [4.69, 9.17) is 0 Å². The molecular weight excluding hydrogens is 224 g/mol. The van der Waals surface area contributed by atoms with Crippen LogP contribution >= 0.6 is 0 Å². The monoisotopic (exact) mass is 240 g/mol. The minimum absolute atomic E-state index is 0.218. The summed E-state index contributed by atoms with van der Waals surface area (Å²) in [7, 11) is 3.01. The fraction of sp³-hybridized carbons (Fsp3) is 0.700. The van der Waals surface area contributed by atoms with Crippen molar-refractivity contribution in [2.24, 2.45) is 16.2 Å². The van der Waals surface area contributed by atoms with Gasteiger partial charge in [0.1, 0.15) is 7.11 Å². The van der Waals surface area contributed by atoms with Gasteiger partial charge in [-0.15, -0.1) is 0 Å². The molecule has 1 saturated carbocycles. The molecule has 2 rings (SSSR count). The highest BCUT2D eigenvalue weighted by molar-refractivity contribution is 6.19. The van der Waals surface area contributed by atoms with E-state index in [2.05, 4.69) is 20.6 Å². The predicted octanol–water partition coefficient (Wildman–Crippen LogP) is -0.0357. The number of nitrogens with zero attached hydrogens (tertiary/aromatic N) is 3. The molecule has 0 spiro atoms. The molecule has 1 fully saturated rings. The van der Waals surface area contributed by atoms with Gasteiger partial charge in [-0.3, -0.25) is 4.79 Å². The van der Waals surface area contributed by atoms with Gasteiger partial charge in [0.25, 0.3) is 5.91 Å². The maximum Gasteiger partial charge on any atom is 0.271 e. The number of hydrogen-bond donors (Lipinski definition) is 2. The second-order valence-electron chi connectivity index (χ2n) is 4.28. The first-order valence-corrected chi connectivity index (χ1v) is 5.49. The highest BCUT2D eigenvalue weighted by Gasteiger charge is 2.54. The van der Waals surface area contributed by atoms with Gasteiger partial charge in [-0.05, 0) is 12.8 Å². The quantitative estimate of drug-likeness (QED) is 0.521. The van der Waals surface area contributed by atoms with E-state index in [1.807, 2.05) is 0 Å². The highest BCUT2D eigenvalue weighted by Crippen LogP contribution is 2.39. The molecule has 1 atom stereocenters. The lowest BCUT2D eigenvalue weighted by atomic mass is 9.88. The zero-order valence-electron chi connectivity index (χ0n) is 9.88. The van der Waals surface area contributed by atoms with Crippen molar-refractivity contribution >= 4 is 17.8 Å². The molecule has 1 aliphatic carbocycles.